The monoisotopic (exact) mass is 227 g/mol. The molecule has 0 heterocycles. The molecule has 0 aromatic heterocycles. The lowest BCUT2D eigenvalue weighted by Crippen LogP contribution is -2.38. The fraction of sp³-hybridized carbons (Fsp3) is 0.923. The maximum absolute atomic E-state index is 11.9. The molecule has 1 aliphatic carbocycles. The maximum atomic E-state index is 11.9. The second-order valence-electron chi connectivity index (χ2n) is 5.31. The Morgan fingerprint density at radius 3 is 2.69 bits per heavy atom. The van der Waals surface area contributed by atoms with E-state index in [0.29, 0.717) is 5.92 Å². The van der Waals surface area contributed by atoms with Gasteiger partial charge in [0, 0.05) is 19.1 Å². The van der Waals surface area contributed by atoms with E-state index in [1.165, 1.54) is 0 Å². The van der Waals surface area contributed by atoms with Gasteiger partial charge in [0.1, 0.15) is 0 Å². The van der Waals surface area contributed by atoms with Gasteiger partial charge >= 0.3 is 0 Å². The largest absolute Gasteiger partial charge is 0.396 e. The molecule has 3 heteroatoms. The van der Waals surface area contributed by atoms with Crippen LogP contribution in [0.15, 0.2) is 0 Å². The van der Waals surface area contributed by atoms with Crippen LogP contribution in [0, 0.1) is 17.8 Å². The highest BCUT2D eigenvalue weighted by atomic mass is 16.3. The summed E-state index contributed by atoms with van der Waals surface area (Å²) in [6.07, 6.45) is 5.25. The fourth-order valence-electron chi connectivity index (χ4n) is 2.39. The fourth-order valence-corrected chi connectivity index (χ4v) is 2.39. The first-order valence-corrected chi connectivity index (χ1v) is 6.53. The van der Waals surface area contributed by atoms with Crippen molar-refractivity contribution in [3.05, 3.63) is 0 Å². The number of hydrogen-bond acceptors (Lipinski definition) is 2. The summed E-state index contributed by atoms with van der Waals surface area (Å²) in [4.78, 5) is 11.9. The predicted octanol–water partition coefficient (Wildman–Crippen LogP) is 1.95. The Balaban J connectivity index is 2.33. The van der Waals surface area contributed by atoms with Crippen molar-refractivity contribution < 1.29 is 9.90 Å². The zero-order chi connectivity index (χ0) is 12.0. The molecule has 0 aromatic rings. The Hall–Kier alpha value is -0.570. The summed E-state index contributed by atoms with van der Waals surface area (Å²) in [5.41, 5.74) is 0. The van der Waals surface area contributed by atoms with Crippen LogP contribution in [0.2, 0.25) is 0 Å². The third-order valence-corrected chi connectivity index (χ3v) is 3.50. The van der Waals surface area contributed by atoms with Crippen molar-refractivity contribution in [1.82, 2.24) is 5.32 Å². The number of hydrogen-bond donors (Lipinski definition) is 2. The molecule has 0 bridgehead atoms. The molecule has 3 nitrogen and oxygen atoms in total. The Morgan fingerprint density at radius 1 is 1.38 bits per heavy atom. The minimum absolute atomic E-state index is 0.0471. The summed E-state index contributed by atoms with van der Waals surface area (Å²) in [7, 11) is 0. The summed E-state index contributed by atoms with van der Waals surface area (Å²) in [6.45, 7) is 5.24. The van der Waals surface area contributed by atoms with Gasteiger partial charge in [-0.25, -0.2) is 0 Å². The minimum Gasteiger partial charge on any atom is -0.396 e. The summed E-state index contributed by atoms with van der Waals surface area (Å²) in [6, 6.07) is 0. The zero-order valence-electron chi connectivity index (χ0n) is 10.5. The van der Waals surface area contributed by atoms with Crippen LogP contribution in [0.3, 0.4) is 0 Å². The lowest BCUT2D eigenvalue weighted by atomic mass is 9.79. The van der Waals surface area contributed by atoms with E-state index in [-0.39, 0.29) is 24.3 Å². The number of aliphatic hydroxyl groups is 1. The standard InChI is InChI=1S/C13H25NO2/c1-10(2)7-8-14-13(16)12-6-4-3-5-11(12)9-15/h10-12,15H,3-9H2,1-2H3,(H,14,16). The molecule has 1 saturated carbocycles. The van der Waals surface area contributed by atoms with E-state index in [4.69, 9.17) is 0 Å². The lowest BCUT2D eigenvalue weighted by molar-refractivity contribution is -0.128. The second-order valence-corrected chi connectivity index (χ2v) is 5.31. The molecule has 0 aromatic carbocycles. The van der Waals surface area contributed by atoms with E-state index < -0.39 is 0 Å². The van der Waals surface area contributed by atoms with Crippen LogP contribution in [0.4, 0.5) is 0 Å². The Morgan fingerprint density at radius 2 is 2.06 bits per heavy atom. The van der Waals surface area contributed by atoms with Crippen LogP contribution in [-0.2, 0) is 4.79 Å². The van der Waals surface area contributed by atoms with E-state index in [1.54, 1.807) is 0 Å². The van der Waals surface area contributed by atoms with Crippen molar-refractivity contribution in [3.63, 3.8) is 0 Å². The molecule has 94 valence electrons. The topological polar surface area (TPSA) is 49.3 Å². The van der Waals surface area contributed by atoms with E-state index in [9.17, 15) is 9.90 Å². The van der Waals surface area contributed by atoms with E-state index in [1.807, 2.05) is 0 Å². The quantitative estimate of drug-likeness (QED) is 0.754. The van der Waals surface area contributed by atoms with Crippen molar-refractivity contribution in [3.8, 4) is 0 Å². The number of amides is 1. The Bertz CT molecular complexity index is 216. The average Bonchev–Trinajstić information content (AvgIpc) is 2.28. The highest BCUT2D eigenvalue weighted by Gasteiger charge is 2.29. The highest BCUT2D eigenvalue weighted by molar-refractivity contribution is 5.79. The predicted molar refractivity (Wildman–Crippen MR) is 65.0 cm³/mol. The second kappa shape index (κ2) is 6.89. The number of aliphatic hydroxyl groups excluding tert-OH is 1. The molecule has 0 aliphatic heterocycles. The van der Waals surface area contributed by atoms with Crippen LogP contribution in [0.25, 0.3) is 0 Å². The van der Waals surface area contributed by atoms with Crippen molar-refractivity contribution in [2.45, 2.75) is 46.0 Å². The Labute approximate surface area is 98.6 Å². The summed E-state index contributed by atoms with van der Waals surface area (Å²) >= 11 is 0. The third-order valence-electron chi connectivity index (χ3n) is 3.50. The van der Waals surface area contributed by atoms with Crippen LogP contribution >= 0.6 is 0 Å². The maximum Gasteiger partial charge on any atom is 0.223 e. The van der Waals surface area contributed by atoms with E-state index in [2.05, 4.69) is 19.2 Å². The van der Waals surface area contributed by atoms with Gasteiger partial charge < -0.3 is 10.4 Å². The number of nitrogens with one attached hydrogen (secondary N) is 1. The first kappa shape index (κ1) is 13.5. The number of carbonyl (C=O) groups is 1. The van der Waals surface area contributed by atoms with Crippen LogP contribution in [-0.4, -0.2) is 24.2 Å². The molecule has 1 aliphatic rings. The van der Waals surface area contributed by atoms with Gasteiger partial charge in [-0.2, -0.15) is 0 Å². The molecule has 1 fully saturated rings. The molecule has 1 amide bonds. The number of rotatable bonds is 5. The minimum atomic E-state index is 0.0471. The van der Waals surface area contributed by atoms with Crippen LogP contribution in [0.1, 0.15) is 46.0 Å². The van der Waals surface area contributed by atoms with E-state index in [0.717, 1.165) is 38.6 Å². The molecule has 16 heavy (non-hydrogen) atoms. The molecule has 2 atom stereocenters. The van der Waals surface area contributed by atoms with Gasteiger partial charge in [0.2, 0.25) is 5.91 Å². The number of carbonyl (C=O) groups excluding carboxylic acids is 1. The molecule has 0 saturated heterocycles. The SMILES string of the molecule is CC(C)CCNC(=O)C1CCCCC1CO. The van der Waals surface area contributed by atoms with Gasteiger partial charge in [-0.15, -0.1) is 0 Å². The first-order chi connectivity index (χ1) is 7.65. The highest BCUT2D eigenvalue weighted by Crippen LogP contribution is 2.29. The first-order valence-electron chi connectivity index (χ1n) is 6.53. The van der Waals surface area contributed by atoms with E-state index >= 15 is 0 Å². The molecule has 2 N–H and O–H groups in total. The molecular formula is C13H25NO2. The molecule has 0 spiro atoms. The molecule has 1 rings (SSSR count). The van der Waals surface area contributed by atoms with Gasteiger partial charge in [0.15, 0.2) is 0 Å². The summed E-state index contributed by atoms with van der Waals surface area (Å²) in [5.74, 6) is 1.01. The van der Waals surface area contributed by atoms with Crippen molar-refractivity contribution in [2.24, 2.45) is 17.8 Å². The van der Waals surface area contributed by atoms with Gasteiger partial charge in [0.25, 0.3) is 0 Å². The van der Waals surface area contributed by atoms with Gasteiger partial charge in [-0.3, -0.25) is 4.79 Å². The van der Waals surface area contributed by atoms with Crippen LogP contribution in [0.5, 0.6) is 0 Å². The summed E-state index contributed by atoms with van der Waals surface area (Å²) in [5, 5.41) is 12.2. The van der Waals surface area contributed by atoms with Crippen molar-refractivity contribution >= 4 is 5.91 Å². The van der Waals surface area contributed by atoms with Gasteiger partial charge in [-0.05, 0) is 31.1 Å². The normalized spacial score (nSPS) is 25.8. The van der Waals surface area contributed by atoms with Gasteiger partial charge in [0.05, 0.1) is 0 Å². The zero-order valence-corrected chi connectivity index (χ0v) is 10.5. The van der Waals surface area contributed by atoms with Crippen LogP contribution < -0.4 is 5.32 Å². The third kappa shape index (κ3) is 4.12. The molecule has 2 unspecified atom stereocenters. The summed E-state index contributed by atoms with van der Waals surface area (Å²) < 4.78 is 0. The molecule has 0 radical (unpaired) electrons. The lowest BCUT2D eigenvalue weighted by Gasteiger charge is -2.29. The van der Waals surface area contributed by atoms with Crippen molar-refractivity contribution in [1.29, 1.82) is 0 Å². The molecular weight excluding hydrogens is 202 g/mol. The van der Waals surface area contributed by atoms with Crippen molar-refractivity contribution in [2.75, 3.05) is 13.2 Å². The smallest absolute Gasteiger partial charge is 0.223 e. The average molecular weight is 227 g/mol. The Kier molecular flexibility index (Phi) is 5.81. The van der Waals surface area contributed by atoms with Gasteiger partial charge in [-0.1, -0.05) is 26.7 Å².